The Morgan fingerprint density at radius 2 is 2.40 bits per heavy atom. The monoisotopic (exact) mass is 203 g/mol. The van der Waals surface area contributed by atoms with Gasteiger partial charge in [0.05, 0.1) is 17.9 Å². The molecule has 1 atom stereocenters. The molecule has 78 valence electrons. The minimum Gasteiger partial charge on any atom is -0.382 e. The standard InChI is InChI=1S/C10H13N5/c1-7(8-5-13-14-6-8)15-9-3-2-4-12-10(9)11/h2-7,15H,1H3,(H2,11,12)(H,13,14). The first kappa shape index (κ1) is 9.51. The number of nitrogens with zero attached hydrogens (tertiary/aromatic N) is 2. The van der Waals surface area contributed by atoms with Crippen LogP contribution in [0.3, 0.4) is 0 Å². The van der Waals surface area contributed by atoms with Crippen molar-refractivity contribution in [3.63, 3.8) is 0 Å². The fourth-order valence-electron chi connectivity index (χ4n) is 1.35. The van der Waals surface area contributed by atoms with Crippen molar-refractivity contribution in [2.45, 2.75) is 13.0 Å². The van der Waals surface area contributed by atoms with Crippen LogP contribution < -0.4 is 11.1 Å². The zero-order valence-corrected chi connectivity index (χ0v) is 8.44. The highest BCUT2D eigenvalue weighted by Crippen LogP contribution is 2.21. The summed E-state index contributed by atoms with van der Waals surface area (Å²) in [5, 5.41) is 9.93. The van der Waals surface area contributed by atoms with Crippen LogP contribution in [0.2, 0.25) is 0 Å². The number of nitrogens with one attached hydrogen (secondary N) is 2. The Bertz CT molecular complexity index is 423. The molecule has 0 aliphatic rings. The van der Waals surface area contributed by atoms with Crippen molar-refractivity contribution in [1.82, 2.24) is 15.2 Å². The number of pyridine rings is 1. The van der Waals surface area contributed by atoms with E-state index in [1.165, 1.54) is 0 Å². The Hall–Kier alpha value is -2.04. The van der Waals surface area contributed by atoms with E-state index >= 15 is 0 Å². The zero-order valence-electron chi connectivity index (χ0n) is 8.44. The van der Waals surface area contributed by atoms with E-state index in [4.69, 9.17) is 5.73 Å². The number of anilines is 2. The number of rotatable bonds is 3. The van der Waals surface area contributed by atoms with Crippen molar-refractivity contribution in [2.75, 3.05) is 11.1 Å². The highest BCUT2D eigenvalue weighted by molar-refractivity contribution is 5.61. The van der Waals surface area contributed by atoms with Crippen molar-refractivity contribution >= 4 is 11.5 Å². The first-order valence-corrected chi connectivity index (χ1v) is 4.73. The maximum absolute atomic E-state index is 5.73. The average molecular weight is 203 g/mol. The summed E-state index contributed by atoms with van der Waals surface area (Å²) >= 11 is 0. The van der Waals surface area contributed by atoms with E-state index in [-0.39, 0.29) is 6.04 Å². The molecular weight excluding hydrogens is 190 g/mol. The van der Waals surface area contributed by atoms with Gasteiger partial charge in [0.1, 0.15) is 5.82 Å². The fourth-order valence-corrected chi connectivity index (χ4v) is 1.35. The SMILES string of the molecule is CC(Nc1cccnc1N)c1cn[nH]c1. The van der Waals surface area contributed by atoms with Crippen molar-refractivity contribution < 1.29 is 0 Å². The van der Waals surface area contributed by atoms with Gasteiger partial charge in [-0.1, -0.05) is 0 Å². The maximum Gasteiger partial charge on any atom is 0.146 e. The lowest BCUT2D eigenvalue weighted by Gasteiger charge is -2.14. The summed E-state index contributed by atoms with van der Waals surface area (Å²) in [6, 6.07) is 3.90. The van der Waals surface area contributed by atoms with E-state index in [0.29, 0.717) is 5.82 Å². The third-order valence-corrected chi connectivity index (χ3v) is 2.23. The highest BCUT2D eigenvalue weighted by Gasteiger charge is 2.07. The van der Waals surface area contributed by atoms with E-state index < -0.39 is 0 Å². The largest absolute Gasteiger partial charge is 0.382 e. The molecule has 2 rings (SSSR count). The van der Waals surface area contributed by atoms with Crippen LogP contribution in [0.1, 0.15) is 18.5 Å². The van der Waals surface area contributed by atoms with Gasteiger partial charge in [-0.25, -0.2) is 4.98 Å². The summed E-state index contributed by atoms with van der Waals surface area (Å²) in [4.78, 5) is 4.01. The first-order chi connectivity index (χ1) is 7.27. The van der Waals surface area contributed by atoms with Crippen LogP contribution in [0, 0.1) is 0 Å². The first-order valence-electron chi connectivity index (χ1n) is 4.73. The van der Waals surface area contributed by atoms with Crippen LogP contribution in [0.25, 0.3) is 0 Å². The van der Waals surface area contributed by atoms with E-state index in [0.717, 1.165) is 11.3 Å². The van der Waals surface area contributed by atoms with Gasteiger partial charge >= 0.3 is 0 Å². The highest BCUT2D eigenvalue weighted by atomic mass is 15.1. The lowest BCUT2D eigenvalue weighted by molar-refractivity contribution is 0.885. The molecule has 2 aromatic rings. The number of nitrogen functional groups attached to an aromatic ring is 1. The van der Waals surface area contributed by atoms with Gasteiger partial charge in [0.25, 0.3) is 0 Å². The molecule has 0 saturated carbocycles. The molecule has 0 aliphatic heterocycles. The Morgan fingerprint density at radius 3 is 3.07 bits per heavy atom. The van der Waals surface area contributed by atoms with Crippen LogP contribution in [0.15, 0.2) is 30.7 Å². The number of hydrogen-bond donors (Lipinski definition) is 3. The molecule has 0 radical (unpaired) electrons. The minimum absolute atomic E-state index is 0.148. The third-order valence-electron chi connectivity index (χ3n) is 2.23. The van der Waals surface area contributed by atoms with Gasteiger partial charge in [-0.05, 0) is 19.1 Å². The van der Waals surface area contributed by atoms with Crippen molar-refractivity contribution in [3.8, 4) is 0 Å². The predicted molar refractivity (Wildman–Crippen MR) is 59.3 cm³/mol. The molecular formula is C10H13N5. The van der Waals surface area contributed by atoms with Gasteiger partial charge in [-0.3, -0.25) is 5.10 Å². The molecule has 0 aromatic carbocycles. The molecule has 0 aliphatic carbocycles. The normalized spacial score (nSPS) is 12.3. The molecule has 5 nitrogen and oxygen atoms in total. The molecule has 2 aromatic heterocycles. The lowest BCUT2D eigenvalue weighted by atomic mass is 10.2. The molecule has 0 bridgehead atoms. The molecule has 0 saturated heterocycles. The van der Waals surface area contributed by atoms with Gasteiger partial charge in [-0.15, -0.1) is 0 Å². The second-order valence-electron chi connectivity index (χ2n) is 3.33. The Kier molecular flexibility index (Phi) is 2.53. The van der Waals surface area contributed by atoms with Crippen molar-refractivity contribution in [3.05, 3.63) is 36.3 Å². The zero-order chi connectivity index (χ0) is 10.7. The predicted octanol–water partition coefficient (Wildman–Crippen LogP) is 1.56. The number of nitrogens with two attached hydrogens (primary N) is 1. The summed E-state index contributed by atoms with van der Waals surface area (Å²) in [6.07, 6.45) is 5.30. The van der Waals surface area contributed by atoms with Gasteiger partial charge < -0.3 is 11.1 Å². The van der Waals surface area contributed by atoms with Gasteiger partial charge in [0.2, 0.25) is 0 Å². The molecule has 0 spiro atoms. The van der Waals surface area contributed by atoms with Crippen LogP contribution in [-0.4, -0.2) is 15.2 Å². The molecule has 1 unspecified atom stereocenters. The van der Waals surface area contributed by atoms with Gasteiger partial charge in [-0.2, -0.15) is 5.10 Å². The van der Waals surface area contributed by atoms with E-state index in [2.05, 4.69) is 20.5 Å². The quantitative estimate of drug-likeness (QED) is 0.707. The summed E-state index contributed by atoms with van der Waals surface area (Å²) in [5.41, 5.74) is 7.65. The summed E-state index contributed by atoms with van der Waals surface area (Å²) in [6.45, 7) is 2.04. The molecule has 0 fully saturated rings. The summed E-state index contributed by atoms with van der Waals surface area (Å²) < 4.78 is 0. The second-order valence-corrected chi connectivity index (χ2v) is 3.33. The molecule has 0 amide bonds. The van der Waals surface area contributed by atoms with Crippen molar-refractivity contribution in [1.29, 1.82) is 0 Å². The lowest BCUT2D eigenvalue weighted by Crippen LogP contribution is -2.08. The summed E-state index contributed by atoms with van der Waals surface area (Å²) in [7, 11) is 0. The molecule has 4 N–H and O–H groups in total. The Balaban J connectivity index is 2.13. The molecule has 15 heavy (non-hydrogen) atoms. The Labute approximate surface area is 87.7 Å². The topological polar surface area (TPSA) is 79.6 Å². The third kappa shape index (κ3) is 2.07. The average Bonchev–Trinajstić information content (AvgIpc) is 2.74. The van der Waals surface area contributed by atoms with E-state index in [9.17, 15) is 0 Å². The van der Waals surface area contributed by atoms with Crippen molar-refractivity contribution in [2.24, 2.45) is 0 Å². The Morgan fingerprint density at radius 1 is 1.53 bits per heavy atom. The maximum atomic E-state index is 5.73. The number of aromatic nitrogens is 3. The van der Waals surface area contributed by atoms with E-state index in [1.807, 2.05) is 25.3 Å². The van der Waals surface area contributed by atoms with Crippen LogP contribution in [0.5, 0.6) is 0 Å². The van der Waals surface area contributed by atoms with Gasteiger partial charge in [0.15, 0.2) is 0 Å². The second kappa shape index (κ2) is 4.00. The number of H-pyrrole nitrogens is 1. The van der Waals surface area contributed by atoms with Gasteiger partial charge in [0, 0.05) is 18.0 Å². The van der Waals surface area contributed by atoms with Crippen LogP contribution in [-0.2, 0) is 0 Å². The molecule has 5 heteroatoms. The minimum atomic E-state index is 0.148. The summed E-state index contributed by atoms with van der Waals surface area (Å²) in [5.74, 6) is 0.507. The van der Waals surface area contributed by atoms with Crippen LogP contribution in [0.4, 0.5) is 11.5 Å². The van der Waals surface area contributed by atoms with E-state index in [1.54, 1.807) is 12.4 Å². The van der Waals surface area contributed by atoms with Crippen LogP contribution >= 0.6 is 0 Å². The number of hydrogen-bond acceptors (Lipinski definition) is 4. The number of aromatic amines is 1. The molecule has 2 heterocycles. The fraction of sp³-hybridized carbons (Fsp3) is 0.200. The smallest absolute Gasteiger partial charge is 0.146 e.